The van der Waals surface area contributed by atoms with Gasteiger partial charge in [-0.25, -0.2) is 9.59 Å². The third-order valence-electron chi connectivity index (χ3n) is 4.29. The molecule has 0 spiro atoms. The Morgan fingerprint density at radius 3 is 2.33 bits per heavy atom. The normalized spacial score (nSPS) is 26.9. The maximum absolute atomic E-state index is 12.5. The summed E-state index contributed by atoms with van der Waals surface area (Å²) in [7, 11) is 1.51. The highest BCUT2D eigenvalue weighted by molar-refractivity contribution is 5.84. The zero-order chi connectivity index (χ0) is 15.6. The predicted octanol–water partition coefficient (Wildman–Crippen LogP) is -0.522. The van der Waals surface area contributed by atoms with Gasteiger partial charge in [0.05, 0.1) is 6.10 Å². The number of ether oxygens (including phenoxy) is 1. The Bertz CT molecular complexity index is 434. The first kappa shape index (κ1) is 15.6. The number of piperidine rings is 1. The fourth-order valence-electron chi connectivity index (χ4n) is 2.95. The molecular formula is C13H21N3O5. The van der Waals surface area contributed by atoms with Gasteiger partial charge in [0.25, 0.3) is 0 Å². The predicted molar refractivity (Wildman–Crippen MR) is 72.4 cm³/mol. The summed E-state index contributed by atoms with van der Waals surface area (Å²) in [6, 6.07) is -1.15. The minimum Gasteiger partial charge on any atom is -0.480 e. The number of carboxylic acid groups (broad SMARTS) is 1. The summed E-state index contributed by atoms with van der Waals surface area (Å²) in [4.78, 5) is 37.8. The second kappa shape index (κ2) is 6.30. The highest BCUT2D eigenvalue weighted by Crippen LogP contribution is 2.24. The van der Waals surface area contributed by atoms with E-state index < -0.39 is 12.0 Å². The molecule has 2 aliphatic heterocycles. The van der Waals surface area contributed by atoms with Crippen molar-refractivity contribution >= 4 is 17.9 Å². The molecule has 0 radical (unpaired) electrons. The first-order chi connectivity index (χ1) is 9.93. The van der Waals surface area contributed by atoms with E-state index >= 15 is 0 Å². The molecule has 0 aromatic heterocycles. The lowest BCUT2D eigenvalue weighted by atomic mass is 9.96. The number of rotatable bonds is 3. The van der Waals surface area contributed by atoms with Crippen molar-refractivity contribution in [3.05, 3.63) is 0 Å². The summed E-state index contributed by atoms with van der Waals surface area (Å²) in [5, 5.41) is 9.23. The summed E-state index contributed by atoms with van der Waals surface area (Å²) in [6.07, 6.45) is 1.11. The average molecular weight is 299 g/mol. The van der Waals surface area contributed by atoms with E-state index in [1.165, 1.54) is 12.0 Å². The van der Waals surface area contributed by atoms with Crippen LogP contribution in [0, 0.1) is 5.92 Å². The summed E-state index contributed by atoms with van der Waals surface area (Å²) >= 11 is 0. The molecule has 2 unspecified atom stereocenters. The van der Waals surface area contributed by atoms with E-state index in [9.17, 15) is 19.5 Å². The third kappa shape index (κ3) is 3.26. The van der Waals surface area contributed by atoms with Gasteiger partial charge in [-0.1, -0.05) is 0 Å². The number of hydrogen-bond acceptors (Lipinski definition) is 4. The maximum atomic E-state index is 12.5. The number of likely N-dealkylation sites (tertiary alicyclic amines) is 2. The number of nitrogens with zero attached hydrogens (tertiary/aromatic N) is 2. The number of amides is 3. The van der Waals surface area contributed by atoms with Crippen LogP contribution in [-0.4, -0.2) is 71.7 Å². The number of hydrogen-bond donors (Lipinski definition) is 2. The third-order valence-corrected chi connectivity index (χ3v) is 4.29. The van der Waals surface area contributed by atoms with E-state index in [2.05, 4.69) is 0 Å². The summed E-state index contributed by atoms with van der Waals surface area (Å²) in [5.74, 6) is -1.56. The molecule has 3 amide bonds. The molecule has 2 fully saturated rings. The Kier molecular flexibility index (Phi) is 4.66. The van der Waals surface area contributed by atoms with Crippen LogP contribution in [0.25, 0.3) is 0 Å². The van der Waals surface area contributed by atoms with Crippen molar-refractivity contribution < 1.29 is 24.2 Å². The molecular weight excluding hydrogens is 278 g/mol. The highest BCUT2D eigenvalue weighted by atomic mass is 16.5. The largest absolute Gasteiger partial charge is 0.480 e. The summed E-state index contributed by atoms with van der Waals surface area (Å²) in [5.41, 5.74) is 5.26. The first-order valence-electron chi connectivity index (χ1n) is 7.04. The van der Waals surface area contributed by atoms with Crippen molar-refractivity contribution in [2.24, 2.45) is 11.7 Å². The van der Waals surface area contributed by atoms with Gasteiger partial charge in [-0.2, -0.15) is 0 Å². The van der Waals surface area contributed by atoms with Crippen molar-refractivity contribution in [2.75, 3.05) is 26.7 Å². The number of methoxy groups -OCH3 is 1. The molecule has 3 N–H and O–H groups in total. The minimum atomic E-state index is -1.02. The molecule has 0 aromatic rings. The number of primary amides is 1. The molecule has 2 atom stereocenters. The molecule has 2 aliphatic rings. The second-order valence-corrected chi connectivity index (χ2v) is 5.55. The topological polar surface area (TPSA) is 113 Å². The molecule has 2 rings (SSSR count). The van der Waals surface area contributed by atoms with Crippen molar-refractivity contribution in [3.8, 4) is 0 Å². The van der Waals surface area contributed by atoms with E-state index in [-0.39, 0.29) is 30.5 Å². The lowest BCUT2D eigenvalue weighted by molar-refractivity contribution is -0.141. The Labute approximate surface area is 122 Å². The average Bonchev–Trinajstić information content (AvgIpc) is 2.91. The van der Waals surface area contributed by atoms with Crippen LogP contribution in [0.2, 0.25) is 0 Å². The van der Waals surface area contributed by atoms with Crippen LogP contribution in [0.4, 0.5) is 4.79 Å². The molecule has 8 heteroatoms. The van der Waals surface area contributed by atoms with Crippen LogP contribution in [0.3, 0.4) is 0 Å². The standard InChI is InChI=1S/C13H21N3O5/c1-21-9-6-10(12(18)19)16(7-9)13(20)15-4-2-8(3-5-15)11(14)17/h8-10H,2-7H2,1H3,(H2,14,17)(H,18,19). The van der Waals surface area contributed by atoms with Gasteiger partial charge in [0.1, 0.15) is 6.04 Å². The molecule has 0 bridgehead atoms. The van der Waals surface area contributed by atoms with Crippen LogP contribution in [0.1, 0.15) is 19.3 Å². The lowest BCUT2D eigenvalue weighted by Gasteiger charge is -2.34. The highest BCUT2D eigenvalue weighted by Gasteiger charge is 2.42. The molecule has 118 valence electrons. The number of carbonyl (C=O) groups is 3. The number of carbonyl (C=O) groups excluding carboxylic acids is 2. The molecule has 2 heterocycles. The van der Waals surface area contributed by atoms with Gasteiger partial charge in [-0.15, -0.1) is 0 Å². The van der Waals surface area contributed by atoms with E-state index in [0.29, 0.717) is 32.4 Å². The molecule has 0 aliphatic carbocycles. The molecule has 0 aromatic carbocycles. The number of urea groups is 1. The van der Waals surface area contributed by atoms with Crippen LogP contribution < -0.4 is 5.73 Å². The summed E-state index contributed by atoms with van der Waals surface area (Å²) < 4.78 is 5.17. The Morgan fingerprint density at radius 2 is 1.86 bits per heavy atom. The second-order valence-electron chi connectivity index (χ2n) is 5.55. The van der Waals surface area contributed by atoms with Gasteiger partial charge in [0, 0.05) is 39.1 Å². The summed E-state index contributed by atoms with van der Waals surface area (Å²) in [6.45, 7) is 1.13. The van der Waals surface area contributed by atoms with E-state index in [1.54, 1.807) is 4.90 Å². The Morgan fingerprint density at radius 1 is 1.24 bits per heavy atom. The minimum absolute atomic E-state index is 0.199. The van der Waals surface area contributed by atoms with Gasteiger partial charge < -0.3 is 25.4 Å². The van der Waals surface area contributed by atoms with Crippen LogP contribution in [-0.2, 0) is 14.3 Å². The molecule has 21 heavy (non-hydrogen) atoms. The van der Waals surface area contributed by atoms with Crippen molar-refractivity contribution in [2.45, 2.75) is 31.4 Å². The molecule has 2 saturated heterocycles. The van der Waals surface area contributed by atoms with Crippen molar-refractivity contribution in [3.63, 3.8) is 0 Å². The van der Waals surface area contributed by atoms with E-state index in [1.807, 2.05) is 0 Å². The smallest absolute Gasteiger partial charge is 0.326 e. The van der Waals surface area contributed by atoms with Gasteiger partial charge >= 0.3 is 12.0 Å². The molecule has 0 saturated carbocycles. The van der Waals surface area contributed by atoms with Crippen LogP contribution in [0.15, 0.2) is 0 Å². The quantitative estimate of drug-likeness (QED) is 0.728. The van der Waals surface area contributed by atoms with Gasteiger partial charge in [0.2, 0.25) is 5.91 Å². The maximum Gasteiger partial charge on any atom is 0.326 e. The van der Waals surface area contributed by atoms with Gasteiger partial charge in [-0.3, -0.25) is 4.79 Å². The Balaban J connectivity index is 1.99. The lowest BCUT2D eigenvalue weighted by Crippen LogP contribution is -2.51. The molecule has 8 nitrogen and oxygen atoms in total. The van der Waals surface area contributed by atoms with E-state index in [4.69, 9.17) is 10.5 Å². The fourth-order valence-corrected chi connectivity index (χ4v) is 2.95. The number of aliphatic carboxylic acids is 1. The zero-order valence-corrected chi connectivity index (χ0v) is 12.0. The van der Waals surface area contributed by atoms with Crippen LogP contribution in [0.5, 0.6) is 0 Å². The zero-order valence-electron chi connectivity index (χ0n) is 12.0. The van der Waals surface area contributed by atoms with Crippen molar-refractivity contribution in [1.29, 1.82) is 0 Å². The Hall–Kier alpha value is -1.83. The first-order valence-corrected chi connectivity index (χ1v) is 7.04. The SMILES string of the molecule is COC1CC(C(=O)O)N(C(=O)N2CCC(C(N)=O)CC2)C1. The van der Waals surface area contributed by atoms with Gasteiger partial charge in [0.15, 0.2) is 0 Å². The van der Waals surface area contributed by atoms with Gasteiger partial charge in [-0.05, 0) is 12.8 Å². The number of nitrogens with two attached hydrogens (primary N) is 1. The number of carboxylic acids is 1. The van der Waals surface area contributed by atoms with Crippen molar-refractivity contribution in [1.82, 2.24) is 9.80 Å². The monoisotopic (exact) mass is 299 g/mol. The van der Waals surface area contributed by atoms with E-state index in [0.717, 1.165) is 0 Å². The van der Waals surface area contributed by atoms with Crippen LogP contribution >= 0.6 is 0 Å². The fraction of sp³-hybridized carbons (Fsp3) is 0.769.